The van der Waals surface area contributed by atoms with Gasteiger partial charge < -0.3 is 9.80 Å². The molecular weight excluding hydrogens is 847 g/mol. The molecule has 4 aliphatic heterocycles. The summed E-state index contributed by atoms with van der Waals surface area (Å²) in [6.07, 6.45) is 0. The molecule has 4 aliphatic rings. The number of fused-ring (bicyclic) bond motifs is 10. The molecule has 0 bridgehead atoms. The van der Waals surface area contributed by atoms with E-state index >= 15 is 0 Å². The molecule has 14 rings (SSSR count). The number of aromatic nitrogens is 1. The molecule has 0 N–H and O–H groups in total. The second kappa shape index (κ2) is 14.9. The van der Waals surface area contributed by atoms with Crippen molar-refractivity contribution in [2.75, 3.05) is 9.80 Å². The Hall–Kier alpha value is -7.75. The van der Waals surface area contributed by atoms with E-state index in [1.54, 1.807) is 0 Å². The lowest BCUT2D eigenvalue weighted by atomic mass is 9.66. The van der Waals surface area contributed by atoms with Crippen LogP contribution in [0.25, 0.3) is 44.1 Å². The van der Waals surface area contributed by atoms with Gasteiger partial charge in [-0.3, -0.25) is 0 Å². The first-order valence-electron chi connectivity index (χ1n) is 25.0. The first-order chi connectivity index (χ1) is 33.7. The second-order valence-electron chi connectivity index (χ2n) is 22.0. The minimum atomic E-state index is -0.133. The smallest absolute Gasteiger partial charge is 0.0709 e. The molecular formula is C67H57N3. The third kappa shape index (κ3) is 5.97. The van der Waals surface area contributed by atoms with Crippen molar-refractivity contribution in [2.24, 2.45) is 0 Å². The summed E-state index contributed by atoms with van der Waals surface area (Å²) in [6.45, 7) is 18.9. The van der Waals surface area contributed by atoms with Crippen molar-refractivity contribution >= 4 is 55.8 Å². The van der Waals surface area contributed by atoms with E-state index in [9.17, 15) is 0 Å². The average molecular weight is 904 g/mol. The van der Waals surface area contributed by atoms with Gasteiger partial charge in [-0.25, -0.2) is 4.98 Å². The monoisotopic (exact) mass is 903 g/mol. The Morgan fingerprint density at radius 1 is 0.286 bits per heavy atom. The van der Waals surface area contributed by atoms with Crippen LogP contribution in [0.15, 0.2) is 200 Å². The summed E-state index contributed by atoms with van der Waals surface area (Å²) in [5.41, 5.74) is 24.3. The maximum atomic E-state index is 4.99. The minimum absolute atomic E-state index is 0.0446. The summed E-state index contributed by atoms with van der Waals surface area (Å²) < 4.78 is 0. The highest BCUT2D eigenvalue weighted by atomic mass is 15.2. The van der Waals surface area contributed by atoms with E-state index in [0.29, 0.717) is 0 Å². The van der Waals surface area contributed by atoms with Gasteiger partial charge >= 0.3 is 0 Å². The van der Waals surface area contributed by atoms with Gasteiger partial charge in [0.05, 0.1) is 45.3 Å². The zero-order valence-electron chi connectivity index (χ0n) is 41.4. The molecule has 340 valence electrons. The van der Waals surface area contributed by atoms with Gasteiger partial charge in [-0.2, -0.15) is 0 Å². The fourth-order valence-electron chi connectivity index (χ4n) is 12.7. The predicted molar refractivity (Wildman–Crippen MR) is 294 cm³/mol. The van der Waals surface area contributed by atoms with Crippen LogP contribution in [0.3, 0.4) is 0 Å². The number of nitrogens with zero attached hydrogens (tertiary/aromatic N) is 3. The van der Waals surface area contributed by atoms with Crippen LogP contribution in [0.2, 0.25) is 0 Å². The van der Waals surface area contributed by atoms with Gasteiger partial charge in [-0.05, 0) is 121 Å². The minimum Gasteiger partial charge on any atom is -0.309 e. The first kappa shape index (κ1) is 42.4. The van der Waals surface area contributed by atoms with Crippen LogP contribution in [0.4, 0.5) is 34.1 Å². The fourth-order valence-corrected chi connectivity index (χ4v) is 12.7. The Labute approximate surface area is 412 Å². The molecule has 0 fully saturated rings. The maximum Gasteiger partial charge on any atom is 0.0709 e. The molecule has 10 aromatic rings. The van der Waals surface area contributed by atoms with Crippen LogP contribution in [-0.2, 0) is 21.7 Å². The number of hydrogen-bond donors (Lipinski definition) is 0. The standard InChI is InChI=1S/C34H29N.C33H28N2/c1-33(2)26-12-7-8-15-30(26)35-31-19-18-25(24-17-16-22-10-5-6-11-23(22)20-24)21-29(31)34(3,4)28-14-9-13-27(33)32(28)35;1-32(2)23-11-6-8-15-29(23)35-30-19-17-22(28-18-16-21-10-5-7-14-27(21)34-28)20-26(30)33(3,4)25-13-9-12-24(32)31(25)35/h5-21H,1-4H3;5-20H,1-4H3. The predicted octanol–water partition coefficient (Wildman–Crippen LogP) is 17.9. The third-order valence-electron chi connectivity index (χ3n) is 16.6. The van der Waals surface area contributed by atoms with Crippen molar-refractivity contribution in [1.29, 1.82) is 0 Å². The lowest BCUT2D eigenvalue weighted by molar-refractivity contribution is 0.597. The Morgan fingerprint density at radius 2 is 0.671 bits per heavy atom. The van der Waals surface area contributed by atoms with E-state index in [4.69, 9.17) is 4.98 Å². The summed E-state index contributed by atoms with van der Waals surface area (Å²) in [4.78, 5) is 10.0. The van der Waals surface area contributed by atoms with E-state index in [2.05, 4.69) is 265 Å². The Bertz CT molecular complexity index is 3560. The molecule has 0 radical (unpaired) electrons. The summed E-state index contributed by atoms with van der Waals surface area (Å²) >= 11 is 0. The molecule has 0 aliphatic carbocycles. The van der Waals surface area contributed by atoms with Gasteiger partial charge in [-0.15, -0.1) is 0 Å². The molecule has 9 aromatic carbocycles. The Morgan fingerprint density at radius 3 is 1.24 bits per heavy atom. The molecule has 1 aromatic heterocycles. The highest BCUT2D eigenvalue weighted by Gasteiger charge is 2.47. The zero-order chi connectivity index (χ0) is 47.9. The molecule has 5 heterocycles. The lowest BCUT2D eigenvalue weighted by Gasteiger charge is -2.49. The van der Waals surface area contributed by atoms with Gasteiger partial charge in [0.1, 0.15) is 0 Å². The normalized spacial score (nSPS) is 16.4. The lowest BCUT2D eigenvalue weighted by Crippen LogP contribution is -2.38. The molecule has 3 heteroatoms. The third-order valence-corrected chi connectivity index (χ3v) is 16.6. The Balaban J connectivity index is 0.000000137. The molecule has 0 atom stereocenters. The van der Waals surface area contributed by atoms with E-state index in [-0.39, 0.29) is 21.7 Å². The number of benzene rings is 9. The fraction of sp³-hybridized carbons (Fsp3) is 0.179. The van der Waals surface area contributed by atoms with Crippen LogP contribution in [0.5, 0.6) is 0 Å². The van der Waals surface area contributed by atoms with Crippen LogP contribution >= 0.6 is 0 Å². The number of hydrogen-bond acceptors (Lipinski definition) is 3. The van der Waals surface area contributed by atoms with E-state index < -0.39 is 0 Å². The molecule has 0 spiro atoms. The van der Waals surface area contributed by atoms with Crippen molar-refractivity contribution in [2.45, 2.75) is 77.0 Å². The van der Waals surface area contributed by atoms with Gasteiger partial charge in [0, 0.05) is 32.6 Å². The van der Waals surface area contributed by atoms with Crippen molar-refractivity contribution < 1.29 is 0 Å². The molecule has 0 saturated heterocycles. The molecule has 0 saturated carbocycles. The highest BCUT2D eigenvalue weighted by molar-refractivity contribution is 5.96. The summed E-state index contributed by atoms with van der Waals surface area (Å²) in [5, 5.41) is 3.73. The maximum absolute atomic E-state index is 4.99. The van der Waals surface area contributed by atoms with Crippen LogP contribution in [-0.4, -0.2) is 4.98 Å². The van der Waals surface area contributed by atoms with Gasteiger partial charge in [-0.1, -0.05) is 201 Å². The highest BCUT2D eigenvalue weighted by Crippen LogP contribution is 2.62. The van der Waals surface area contributed by atoms with Gasteiger partial charge in [0.2, 0.25) is 0 Å². The van der Waals surface area contributed by atoms with E-state index in [1.165, 1.54) is 106 Å². The number of pyridine rings is 1. The van der Waals surface area contributed by atoms with E-state index in [0.717, 1.165) is 16.8 Å². The molecule has 3 nitrogen and oxygen atoms in total. The van der Waals surface area contributed by atoms with Crippen molar-refractivity contribution in [3.8, 4) is 22.4 Å². The van der Waals surface area contributed by atoms with Gasteiger partial charge in [0.25, 0.3) is 0 Å². The van der Waals surface area contributed by atoms with Crippen molar-refractivity contribution in [3.05, 3.63) is 245 Å². The topological polar surface area (TPSA) is 19.4 Å². The van der Waals surface area contributed by atoms with Crippen LogP contribution < -0.4 is 9.80 Å². The number of anilines is 6. The van der Waals surface area contributed by atoms with Crippen molar-refractivity contribution in [3.63, 3.8) is 0 Å². The number of rotatable bonds is 2. The first-order valence-corrected chi connectivity index (χ1v) is 25.0. The van der Waals surface area contributed by atoms with Crippen LogP contribution in [0, 0.1) is 0 Å². The average Bonchev–Trinajstić information content (AvgIpc) is 3.38. The van der Waals surface area contributed by atoms with E-state index in [1.807, 2.05) is 0 Å². The van der Waals surface area contributed by atoms with Gasteiger partial charge in [0.15, 0.2) is 0 Å². The zero-order valence-corrected chi connectivity index (χ0v) is 41.4. The molecule has 70 heavy (non-hydrogen) atoms. The number of para-hydroxylation sites is 5. The SMILES string of the molecule is CC1(C)c2ccccc2N2c3ccc(-c4ccc5ccccc5c4)cc3C(C)(C)c3cccc1c32.CC1(C)c2ccccc2N2c3ccc(-c4ccc5ccccc5n4)cc3C(C)(C)c3cccc1c32. The largest absolute Gasteiger partial charge is 0.309 e. The quantitative estimate of drug-likeness (QED) is 0.172. The molecule has 0 unspecified atom stereocenters. The van der Waals surface area contributed by atoms with Crippen molar-refractivity contribution in [1.82, 2.24) is 4.98 Å². The van der Waals surface area contributed by atoms with Crippen LogP contribution in [0.1, 0.15) is 99.9 Å². The Kier molecular flexibility index (Phi) is 9.00. The summed E-state index contributed by atoms with van der Waals surface area (Å²) in [5.74, 6) is 0. The summed E-state index contributed by atoms with van der Waals surface area (Å²) in [7, 11) is 0. The summed E-state index contributed by atoms with van der Waals surface area (Å²) in [6, 6.07) is 73.6. The molecule has 0 amide bonds. The second-order valence-corrected chi connectivity index (χ2v) is 22.0.